The summed E-state index contributed by atoms with van der Waals surface area (Å²) in [5.74, 6) is -1.53. The van der Waals surface area contributed by atoms with Gasteiger partial charge in [-0.3, -0.25) is 4.79 Å². The third kappa shape index (κ3) is 5.12. The number of halogens is 1. The number of rotatable bonds is 6. The summed E-state index contributed by atoms with van der Waals surface area (Å²) < 4.78 is 66.4. The summed E-state index contributed by atoms with van der Waals surface area (Å²) in [7, 11) is -6.23. The first-order chi connectivity index (χ1) is 14.5. The molecule has 8 nitrogen and oxygen atoms in total. The number of nitrogens with one attached hydrogen (secondary N) is 2. The summed E-state index contributed by atoms with van der Waals surface area (Å²) in [5.41, 5.74) is 1.02. The fourth-order valence-corrected chi connectivity index (χ4v) is 5.67. The Balaban J connectivity index is 1.77. The molecule has 1 saturated heterocycles. The zero-order valence-electron chi connectivity index (χ0n) is 17.1. The Morgan fingerprint density at radius 2 is 1.71 bits per heavy atom. The monoisotopic (exact) mass is 469 g/mol. The summed E-state index contributed by atoms with van der Waals surface area (Å²) in [5, 5.41) is 2.73. The maximum absolute atomic E-state index is 13.1. The van der Waals surface area contributed by atoms with Gasteiger partial charge in [-0.25, -0.2) is 25.9 Å². The second kappa shape index (κ2) is 9.03. The van der Waals surface area contributed by atoms with Crippen LogP contribution >= 0.6 is 0 Å². The molecule has 1 fully saturated rings. The second-order valence-corrected chi connectivity index (χ2v) is 11.2. The normalized spacial score (nSPS) is 18.0. The molecule has 1 aliphatic heterocycles. The van der Waals surface area contributed by atoms with Crippen LogP contribution in [0.3, 0.4) is 0 Å². The molecule has 0 aromatic heterocycles. The maximum atomic E-state index is 13.1. The number of sulfonamides is 2. The molecule has 1 unspecified atom stereocenters. The van der Waals surface area contributed by atoms with Gasteiger partial charge in [-0.2, -0.15) is 4.31 Å². The molecule has 0 radical (unpaired) electrons. The van der Waals surface area contributed by atoms with Crippen LogP contribution in [0.4, 0.5) is 10.1 Å². The summed E-state index contributed by atoms with van der Waals surface area (Å²) in [6, 6.07) is 8.96. The van der Waals surface area contributed by atoms with Crippen molar-refractivity contribution in [3.05, 3.63) is 53.8 Å². The first kappa shape index (κ1) is 23.3. The number of carbonyl (C=O) groups excluding carboxylic acids is 1. The molecule has 0 bridgehead atoms. The standard InChI is InChI=1S/C20H24FN3O5S2/c1-14-5-8-18(30(26,27)22-2)12-19(14)23-20(25)15-4-3-11-24(13-15)31(28,29)17-9-6-16(21)7-10-17/h5-10,12,15,22H,3-4,11,13H2,1-2H3,(H,23,25). The number of anilines is 1. The minimum Gasteiger partial charge on any atom is -0.326 e. The fourth-order valence-electron chi connectivity index (χ4n) is 3.39. The smallest absolute Gasteiger partial charge is 0.243 e. The van der Waals surface area contributed by atoms with Crippen molar-refractivity contribution in [2.45, 2.75) is 29.6 Å². The molecular formula is C20H24FN3O5S2. The highest BCUT2D eigenvalue weighted by atomic mass is 32.2. The van der Waals surface area contributed by atoms with Crippen molar-refractivity contribution in [2.24, 2.45) is 5.92 Å². The van der Waals surface area contributed by atoms with Crippen molar-refractivity contribution in [2.75, 3.05) is 25.5 Å². The van der Waals surface area contributed by atoms with Crippen LogP contribution < -0.4 is 10.0 Å². The van der Waals surface area contributed by atoms with Crippen molar-refractivity contribution in [1.29, 1.82) is 0 Å². The zero-order valence-corrected chi connectivity index (χ0v) is 18.8. The van der Waals surface area contributed by atoms with Crippen LogP contribution in [0.25, 0.3) is 0 Å². The van der Waals surface area contributed by atoms with E-state index in [-0.39, 0.29) is 28.8 Å². The van der Waals surface area contributed by atoms with Gasteiger partial charge >= 0.3 is 0 Å². The van der Waals surface area contributed by atoms with Gasteiger partial charge in [0.1, 0.15) is 5.82 Å². The second-order valence-electron chi connectivity index (χ2n) is 7.33. The topological polar surface area (TPSA) is 113 Å². The third-order valence-electron chi connectivity index (χ3n) is 5.25. The summed E-state index contributed by atoms with van der Waals surface area (Å²) in [6.07, 6.45) is 0.987. The average Bonchev–Trinajstić information content (AvgIpc) is 2.75. The number of piperidine rings is 1. The van der Waals surface area contributed by atoms with E-state index in [9.17, 15) is 26.0 Å². The molecule has 2 aromatic rings. The predicted octanol–water partition coefficient (Wildman–Crippen LogP) is 2.08. The first-order valence-corrected chi connectivity index (χ1v) is 12.6. The lowest BCUT2D eigenvalue weighted by Crippen LogP contribution is -2.43. The molecule has 3 rings (SSSR count). The van der Waals surface area contributed by atoms with Crippen LogP contribution in [-0.4, -0.2) is 47.2 Å². The number of benzene rings is 2. The van der Waals surface area contributed by atoms with Crippen molar-refractivity contribution >= 4 is 31.6 Å². The first-order valence-electron chi connectivity index (χ1n) is 9.65. The lowest BCUT2D eigenvalue weighted by Gasteiger charge is -2.31. The molecule has 0 spiro atoms. The molecule has 1 aliphatic rings. The van der Waals surface area contributed by atoms with E-state index in [1.807, 2.05) is 0 Å². The number of carbonyl (C=O) groups is 1. The Morgan fingerprint density at radius 3 is 2.35 bits per heavy atom. The molecule has 2 N–H and O–H groups in total. The van der Waals surface area contributed by atoms with E-state index in [0.717, 1.165) is 12.1 Å². The minimum atomic E-state index is -3.86. The van der Waals surface area contributed by atoms with Crippen molar-refractivity contribution in [1.82, 2.24) is 9.03 Å². The average molecular weight is 470 g/mol. The number of aryl methyl sites for hydroxylation is 1. The molecule has 0 saturated carbocycles. The van der Waals surface area contributed by atoms with E-state index in [2.05, 4.69) is 10.0 Å². The maximum Gasteiger partial charge on any atom is 0.243 e. The van der Waals surface area contributed by atoms with E-state index in [0.29, 0.717) is 24.1 Å². The van der Waals surface area contributed by atoms with Crippen molar-refractivity contribution in [3.63, 3.8) is 0 Å². The molecule has 1 amide bonds. The number of amides is 1. The molecule has 0 aliphatic carbocycles. The van der Waals surface area contributed by atoms with Gasteiger partial charge in [0.05, 0.1) is 15.7 Å². The van der Waals surface area contributed by atoms with E-state index >= 15 is 0 Å². The lowest BCUT2D eigenvalue weighted by atomic mass is 9.98. The SMILES string of the molecule is CNS(=O)(=O)c1ccc(C)c(NC(=O)C2CCCN(S(=O)(=O)c3ccc(F)cc3)C2)c1. The summed E-state index contributed by atoms with van der Waals surface area (Å²) in [6.45, 7) is 1.98. The lowest BCUT2D eigenvalue weighted by molar-refractivity contribution is -0.120. The van der Waals surface area contributed by atoms with E-state index in [1.165, 1.54) is 35.6 Å². The van der Waals surface area contributed by atoms with Crippen LogP contribution in [0.5, 0.6) is 0 Å². The molecule has 168 valence electrons. The van der Waals surface area contributed by atoms with Crippen LogP contribution in [0, 0.1) is 18.7 Å². The Labute approximate surface area is 181 Å². The van der Waals surface area contributed by atoms with Gasteiger partial charge < -0.3 is 5.32 Å². The van der Waals surface area contributed by atoms with E-state index in [1.54, 1.807) is 13.0 Å². The van der Waals surface area contributed by atoms with Gasteiger partial charge in [-0.1, -0.05) is 6.07 Å². The highest BCUT2D eigenvalue weighted by Crippen LogP contribution is 2.26. The van der Waals surface area contributed by atoms with Gasteiger partial charge in [0.2, 0.25) is 26.0 Å². The third-order valence-corrected chi connectivity index (χ3v) is 8.54. The van der Waals surface area contributed by atoms with Gasteiger partial charge in [-0.15, -0.1) is 0 Å². The molecule has 31 heavy (non-hydrogen) atoms. The highest BCUT2D eigenvalue weighted by Gasteiger charge is 2.33. The fraction of sp³-hybridized carbons (Fsp3) is 0.350. The van der Waals surface area contributed by atoms with Gasteiger partial charge in [0, 0.05) is 18.8 Å². The largest absolute Gasteiger partial charge is 0.326 e. The molecule has 1 heterocycles. The molecule has 11 heteroatoms. The number of hydrogen-bond donors (Lipinski definition) is 2. The summed E-state index contributed by atoms with van der Waals surface area (Å²) in [4.78, 5) is 12.8. The Hall–Kier alpha value is -2.34. The minimum absolute atomic E-state index is 0.0139. The van der Waals surface area contributed by atoms with Gasteiger partial charge in [0.25, 0.3) is 0 Å². The van der Waals surface area contributed by atoms with E-state index < -0.39 is 31.8 Å². The number of hydrogen-bond acceptors (Lipinski definition) is 5. The van der Waals surface area contributed by atoms with E-state index in [4.69, 9.17) is 0 Å². The van der Waals surface area contributed by atoms with Crippen molar-refractivity contribution < 1.29 is 26.0 Å². The Kier molecular flexibility index (Phi) is 6.79. The Morgan fingerprint density at radius 1 is 1.06 bits per heavy atom. The van der Waals surface area contributed by atoms with Gasteiger partial charge in [0.15, 0.2) is 0 Å². The zero-order chi connectivity index (χ0) is 22.8. The summed E-state index contributed by atoms with van der Waals surface area (Å²) >= 11 is 0. The van der Waals surface area contributed by atoms with Crippen molar-refractivity contribution in [3.8, 4) is 0 Å². The molecule has 1 atom stereocenters. The Bertz CT molecular complexity index is 1180. The van der Waals surface area contributed by atoms with Crippen LogP contribution in [-0.2, 0) is 24.8 Å². The number of nitrogens with zero attached hydrogens (tertiary/aromatic N) is 1. The molecular weight excluding hydrogens is 445 g/mol. The molecule has 2 aromatic carbocycles. The predicted molar refractivity (Wildman–Crippen MR) is 114 cm³/mol. The highest BCUT2D eigenvalue weighted by molar-refractivity contribution is 7.89. The quantitative estimate of drug-likeness (QED) is 0.673. The van der Waals surface area contributed by atoms with Crippen LogP contribution in [0.1, 0.15) is 18.4 Å². The van der Waals surface area contributed by atoms with Gasteiger partial charge in [-0.05, 0) is 68.8 Å². The van der Waals surface area contributed by atoms with Crippen LogP contribution in [0.2, 0.25) is 0 Å². The van der Waals surface area contributed by atoms with Crippen LogP contribution in [0.15, 0.2) is 52.3 Å².